The van der Waals surface area contributed by atoms with Crippen LogP contribution >= 0.6 is 0 Å². The average Bonchev–Trinajstić information content (AvgIpc) is 2.37. The van der Waals surface area contributed by atoms with Crippen LogP contribution in [0.4, 0.5) is 0 Å². The summed E-state index contributed by atoms with van der Waals surface area (Å²) in [4.78, 5) is 27.3. The lowest BCUT2D eigenvalue weighted by Gasteiger charge is -2.39. The smallest absolute Gasteiger partial charge is 0.247 e. The van der Waals surface area contributed by atoms with Gasteiger partial charge in [0.2, 0.25) is 11.5 Å². The third-order valence-electron chi connectivity index (χ3n) is 3.93. The summed E-state index contributed by atoms with van der Waals surface area (Å²) in [6.07, 6.45) is 2.84. The highest BCUT2D eigenvalue weighted by Crippen LogP contribution is 2.30. The molecule has 1 unspecified atom stereocenters. The molecule has 1 aromatic rings. The molecule has 0 spiro atoms. The van der Waals surface area contributed by atoms with E-state index in [9.17, 15) is 9.59 Å². The van der Waals surface area contributed by atoms with Crippen LogP contribution in [0.5, 0.6) is 0 Å². The summed E-state index contributed by atoms with van der Waals surface area (Å²) in [5.74, 6) is 0.559. The molecule has 1 aliphatic rings. The Kier molecular flexibility index (Phi) is 4.04. The van der Waals surface area contributed by atoms with Crippen molar-refractivity contribution in [2.45, 2.75) is 32.2 Å². The standard InChI is InChI=1S/C14H21N3O2/c1-9-5-12(11-3-4-13(18)16-6-11)8-17(7-9)10(2)14(15)19/h3-4,6,9-10,12H,5,7-8H2,1-2H3,(H2,15,19)(H,16,18)/t9-,10?,12+/m0/s1. The van der Waals surface area contributed by atoms with Gasteiger partial charge in [0.05, 0.1) is 6.04 Å². The Bertz CT molecular complexity index is 491. The fraction of sp³-hybridized carbons (Fsp3) is 0.571. The van der Waals surface area contributed by atoms with E-state index in [1.165, 1.54) is 0 Å². The molecule has 1 amide bonds. The number of rotatable bonds is 3. The van der Waals surface area contributed by atoms with E-state index in [1.807, 2.05) is 13.0 Å². The number of carbonyl (C=O) groups is 1. The Labute approximate surface area is 112 Å². The van der Waals surface area contributed by atoms with Crippen LogP contribution in [0.25, 0.3) is 0 Å². The van der Waals surface area contributed by atoms with Crippen molar-refractivity contribution in [1.29, 1.82) is 0 Å². The van der Waals surface area contributed by atoms with Crippen molar-refractivity contribution >= 4 is 5.91 Å². The average molecular weight is 263 g/mol. The number of piperidine rings is 1. The molecule has 0 saturated carbocycles. The second kappa shape index (κ2) is 5.57. The summed E-state index contributed by atoms with van der Waals surface area (Å²) >= 11 is 0. The van der Waals surface area contributed by atoms with Crippen molar-refractivity contribution in [3.63, 3.8) is 0 Å². The quantitative estimate of drug-likeness (QED) is 0.841. The molecule has 104 valence electrons. The number of aromatic nitrogens is 1. The summed E-state index contributed by atoms with van der Waals surface area (Å²) in [5.41, 5.74) is 6.42. The number of nitrogens with two attached hydrogens (primary N) is 1. The van der Waals surface area contributed by atoms with Gasteiger partial charge in [-0.25, -0.2) is 0 Å². The first kappa shape index (κ1) is 13.8. The van der Waals surface area contributed by atoms with Crippen LogP contribution in [-0.2, 0) is 4.79 Å². The van der Waals surface area contributed by atoms with Gasteiger partial charge in [0, 0.05) is 25.4 Å². The monoisotopic (exact) mass is 263 g/mol. The number of primary amides is 1. The fourth-order valence-corrected chi connectivity index (χ4v) is 2.81. The minimum Gasteiger partial charge on any atom is -0.368 e. The van der Waals surface area contributed by atoms with E-state index in [-0.39, 0.29) is 17.5 Å². The molecule has 0 aromatic carbocycles. The predicted molar refractivity (Wildman–Crippen MR) is 73.8 cm³/mol. The zero-order valence-electron chi connectivity index (χ0n) is 11.4. The molecule has 1 aromatic heterocycles. The van der Waals surface area contributed by atoms with Gasteiger partial charge >= 0.3 is 0 Å². The molecule has 1 saturated heterocycles. The Hall–Kier alpha value is -1.62. The highest BCUT2D eigenvalue weighted by atomic mass is 16.1. The van der Waals surface area contributed by atoms with Crippen LogP contribution in [0.1, 0.15) is 31.7 Å². The number of likely N-dealkylation sites (tertiary alicyclic amines) is 1. The number of pyridine rings is 1. The maximum Gasteiger partial charge on any atom is 0.247 e. The maximum atomic E-state index is 11.3. The number of amides is 1. The summed E-state index contributed by atoms with van der Waals surface area (Å²) in [6, 6.07) is 3.18. The van der Waals surface area contributed by atoms with E-state index in [1.54, 1.807) is 12.3 Å². The second-order valence-corrected chi connectivity index (χ2v) is 5.56. The van der Waals surface area contributed by atoms with Crippen LogP contribution in [0.3, 0.4) is 0 Å². The van der Waals surface area contributed by atoms with Crippen LogP contribution < -0.4 is 11.3 Å². The molecule has 3 N–H and O–H groups in total. The molecule has 19 heavy (non-hydrogen) atoms. The summed E-state index contributed by atoms with van der Waals surface area (Å²) in [5, 5.41) is 0. The van der Waals surface area contributed by atoms with Crippen molar-refractivity contribution in [2.75, 3.05) is 13.1 Å². The van der Waals surface area contributed by atoms with Crippen LogP contribution in [0.2, 0.25) is 0 Å². The van der Waals surface area contributed by atoms with E-state index >= 15 is 0 Å². The lowest BCUT2D eigenvalue weighted by atomic mass is 9.85. The number of carbonyl (C=O) groups excluding carboxylic acids is 1. The Morgan fingerprint density at radius 1 is 1.47 bits per heavy atom. The molecule has 1 fully saturated rings. The van der Waals surface area contributed by atoms with Crippen LogP contribution in [-0.4, -0.2) is 34.9 Å². The van der Waals surface area contributed by atoms with Gasteiger partial charge in [-0.2, -0.15) is 0 Å². The lowest BCUT2D eigenvalue weighted by molar-refractivity contribution is -0.123. The van der Waals surface area contributed by atoms with Crippen LogP contribution in [0, 0.1) is 5.92 Å². The number of H-pyrrole nitrogens is 1. The topological polar surface area (TPSA) is 79.2 Å². The van der Waals surface area contributed by atoms with E-state index in [0.29, 0.717) is 11.8 Å². The van der Waals surface area contributed by atoms with E-state index in [0.717, 1.165) is 25.1 Å². The van der Waals surface area contributed by atoms with Gasteiger partial charge in [-0.15, -0.1) is 0 Å². The fourth-order valence-electron chi connectivity index (χ4n) is 2.81. The van der Waals surface area contributed by atoms with Gasteiger partial charge in [-0.1, -0.05) is 13.0 Å². The number of aromatic amines is 1. The second-order valence-electron chi connectivity index (χ2n) is 5.56. The maximum absolute atomic E-state index is 11.3. The molecular formula is C14H21N3O2. The molecule has 2 rings (SSSR count). The first-order chi connectivity index (χ1) is 8.97. The molecular weight excluding hydrogens is 242 g/mol. The largest absolute Gasteiger partial charge is 0.368 e. The Morgan fingerprint density at radius 3 is 2.79 bits per heavy atom. The predicted octanol–water partition coefficient (Wildman–Crippen LogP) is 0.674. The SMILES string of the molecule is CC(C(N)=O)N1C[C@@H](C)C[C@@H](c2ccc(=O)[nH]c2)C1. The molecule has 0 bridgehead atoms. The van der Waals surface area contributed by atoms with E-state index in [2.05, 4.69) is 16.8 Å². The minimum atomic E-state index is -0.283. The highest BCUT2D eigenvalue weighted by Gasteiger charge is 2.30. The summed E-state index contributed by atoms with van der Waals surface area (Å²) < 4.78 is 0. The first-order valence-electron chi connectivity index (χ1n) is 6.69. The number of nitrogens with one attached hydrogen (secondary N) is 1. The Morgan fingerprint density at radius 2 is 2.21 bits per heavy atom. The van der Waals surface area contributed by atoms with E-state index in [4.69, 9.17) is 5.73 Å². The van der Waals surface area contributed by atoms with Crippen LogP contribution in [0.15, 0.2) is 23.1 Å². The lowest BCUT2D eigenvalue weighted by Crippen LogP contribution is -2.49. The van der Waals surface area contributed by atoms with E-state index < -0.39 is 0 Å². The number of hydrogen-bond acceptors (Lipinski definition) is 3. The van der Waals surface area contributed by atoms with Crippen molar-refractivity contribution in [3.05, 3.63) is 34.2 Å². The van der Waals surface area contributed by atoms with Gasteiger partial charge in [0.15, 0.2) is 0 Å². The van der Waals surface area contributed by atoms with Gasteiger partial charge < -0.3 is 10.7 Å². The summed E-state index contributed by atoms with van der Waals surface area (Å²) in [7, 11) is 0. The zero-order chi connectivity index (χ0) is 14.0. The molecule has 0 aliphatic carbocycles. The third kappa shape index (κ3) is 3.23. The van der Waals surface area contributed by atoms with Crippen molar-refractivity contribution in [2.24, 2.45) is 11.7 Å². The van der Waals surface area contributed by atoms with Gasteiger partial charge in [0.25, 0.3) is 0 Å². The third-order valence-corrected chi connectivity index (χ3v) is 3.93. The molecule has 2 heterocycles. The highest BCUT2D eigenvalue weighted by molar-refractivity contribution is 5.79. The minimum absolute atomic E-state index is 0.0880. The number of nitrogens with zero attached hydrogens (tertiary/aromatic N) is 1. The normalized spacial score (nSPS) is 26.0. The zero-order valence-corrected chi connectivity index (χ0v) is 11.4. The Balaban J connectivity index is 2.15. The van der Waals surface area contributed by atoms with Crippen molar-refractivity contribution < 1.29 is 4.79 Å². The van der Waals surface area contributed by atoms with Crippen molar-refractivity contribution in [1.82, 2.24) is 9.88 Å². The van der Waals surface area contributed by atoms with Gasteiger partial charge in [-0.05, 0) is 30.7 Å². The van der Waals surface area contributed by atoms with Crippen molar-refractivity contribution in [3.8, 4) is 0 Å². The molecule has 1 aliphatic heterocycles. The molecule has 3 atom stereocenters. The summed E-state index contributed by atoms with van der Waals surface area (Å²) in [6.45, 7) is 5.73. The van der Waals surface area contributed by atoms with Gasteiger partial charge in [0.1, 0.15) is 0 Å². The molecule has 5 heteroatoms. The first-order valence-corrected chi connectivity index (χ1v) is 6.69. The molecule has 0 radical (unpaired) electrons. The molecule has 5 nitrogen and oxygen atoms in total. The van der Waals surface area contributed by atoms with Gasteiger partial charge in [-0.3, -0.25) is 14.5 Å². The number of hydrogen-bond donors (Lipinski definition) is 2.